The Bertz CT molecular complexity index is 1020. The van der Waals surface area contributed by atoms with Crippen molar-refractivity contribution < 1.29 is 52.7 Å². The molecule has 2 N–H and O–H groups in total. The Morgan fingerprint density at radius 1 is 1.26 bits per heavy atom. The number of rotatable bonds is 7. The summed E-state index contributed by atoms with van der Waals surface area (Å²) in [6.45, 7) is 10.5. The maximum atomic E-state index is 11.6. The van der Waals surface area contributed by atoms with Crippen LogP contribution >= 0.6 is 0 Å². The van der Waals surface area contributed by atoms with Gasteiger partial charge in [-0.15, -0.1) is 0 Å². The number of allylic oxidation sites excluding steroid dienone is 1. The second kappa shape index (κ2) is 10.3. The van der Waals surface area contributed by atoms with Crippen LogP contribution in [-0.2, 0) is 16.5 Å². The first-order valence-corrected chi connectivity index (χ1v) is 13.9. The van der Waals surface area contributed by atoms with Crippen LogP contribution in [0.2, 0.25) is 0 Å². The molecule has 4 rings (SSSR count). The first-order valence-electron chi connectivity index (χ1n) is 12.5. The van der Waals surface area contributed by atoms with Gasteiger partial charge in [0.1, 0.15) is 10.1 Å². The van der Waals surface area contributed by atoms with Crippen LogP contribution in [0, 0.1) is 29.1 Å². The van der Waals surface area contributed by atoms with Crippen LogP contribution in [-0.4, -0.2) is 35.4 Å². The molecule has 1 aromatic rings. The van der Waals surface area contributed by atoms with Gasteiger partial charge in [-0.25, -0.2) is 8.42 Å². The summed E-state index contributed by atoms with van der Waals surface area (Å²) >= 11 is 0. The molecule has 5 nitrogen and oxygen atoms in total. The fourth-order valence-corrected chi connectivity index (χ4v) is 8.16. The summed E-state index contributed by atoms with van der Waals surface area (Å²) in [7, 11) is -4.45. The average Bonchev–Trinajstić information content (AvgIpc) is 3.17. The summed E-state index contributed by atoms with van der Waals surface area (Å²) in [5.41, 5.74) is 2.22. The van der Waals surface area contributed by atoms with Crippen LogP contribution in [0.4, 0.5) is 0 Å². The van der Waals surface area contributed by atoms with Crippen LogP contribution in [0.25, 0.3) is 0 Å². The number of aryl methyl sites for hydroxylation is 1. The SMILES string of the molecule is C=C(CC[C@](C)(O)[C@H]1CC[C@H]2[C@@H]3CCc4cc(S(=O)(=O)[O-])ccc4[C@H]3CC[C@@]21CO)C(C)C.[Na+]. The average molecular weight is 499 g/mol. The third kappa shape index (κ3) is 4.98. The molecular formula is C27H39NaO5S. The molecule has 0 spiro atoms. The molecule has 0 bridgehead atoms. The molecular weight excluding hydrogens is 459 g/mol. The second-order valence-corrected chi connectivity index (χ2v) is 12.8. The molecule has 6 atom stereocenters. The van der Waals surface area contributed by atoms with Gasteiger partial charge in [0.2, 0.25) is 0 Å². The zero-order valence-electron chi connectivity index (χ0n) is 21.2. The molecule has 184 valence electrons. The molecule has 2 saturated carbocycles. The Balaban J connectivity index is 0.00000324. The third-order valence-electron chi connectivity index (χ3n) is 9.52. The Kier molecular flexibility index (Phi) is 8.57. The van der Waals surface area contributed by atoms with E-state index in [-0.39, 0.29) is 52.4 Å². The molecule has 3 aliphatic rings. The molecule has 34 heavy (non-hydrogen) atoms. The molecule has 1 aromatic carbocycles. The Morgan fingerprint density at radius 3 is 2.59 bits per heavy atom. The van der Waals surface area contributed by atoms with Crippen LogP contribution in [0.5, 0.6) is 0 Å². The van der Waals surface area contributed by atoms with Crippen molar-refractivity contribution in [3.05, 3.63) is 41.5 Å². The minimum absolute atomic E-state index is 0. The summed E-state index contributed by atoms with van der Waals surface area (Å²) in [4.78, 5) is -0.139. The van der Waals surface area contributed by atoms with Crippen molar-refractivity contribution in [2.45, 2.75) is 88.6 Å². The largest absolute Gasteiger partial charge is 1.00 e. The summed E-state index contributed by atoms with van der Waals surface area (Å²) in [6, 6.07) is 4.88. The molecule has 3 aliphatic carbocycles. The smallest absolute Gasteiger partial charge is 0.744 e. The minimum atomic E-state index is -4.45. The van der Waals surface area contributed by atoms with Gasteiger partial charge in [0.25, 0.3) is 0 Å². The molecule has 0 radical (unpaired) electrons. The van der Waals surface area contributed by atoms with E-state index in [1.165, 1.54) is 11.6 Å². The van der Waals surface area contributed by atoms with Gasteiger partial charge in [-0.3, -0.25) is 0 Å². The van der Waals surface area contributed by atoms with E-state index in [1.807, 2.05) is 13.0 Å². The van der Waals surface area contributed by atoms with E-state index in [9.17, 15) is 23.2 Å². The first kappa shape index (κ1) is 28.4. The van der Waals surface area contributed by atoms with Crippen molar-refractivity contribution in [3.63, 3.8) is 0 Å². The monoisotopic (exact) mass is 498 g/mol. The number of aliphatic hydroxyl groups excluding tert-OH is 1. The predicted octanol–water partition coefficient (Wildman–Crippen LogP) is 1.78. The van der Waals surface area contributed by atoms with Gasteiger partial charge in [0.05, 0.1) is 10.5 Å². The minimum Gasteiger partial charge on any atom is -0.744 e. The number of hydrogen-bond acceptors (Lipinski definition) is 5. The number of benzene rings is 1. The van der Waals surface area contributed by atoms with Gasteiger partial charge < -0.3 is 14.8 Å². The van der Waals surface area contributed by atoms with Crippen LogP contribution < -0.4 is 29.6 Å². The second-order valence-electron chi connectivity index (χ2n) is 11.5. The van der Waals surface area contributed by atoms with E-state index in [2.05, 4.69) is 20.4 Å². The van der Waals surface area contributed by atoms with E-state index in [1.54, 1.807) is 6.07 Å². The topological polar surface area (TPSA) is 97.7 Å². The van der Waals surface area contributed by atoms with Crippen LogP contribution in [0.15, 0.2) is 35.2 Å². The van der Waals surface area contributed by atoms with Gasteiger partial charge in [0.15, 0.2) is 0 Å². The Labute approximate surface area is 227 Å². The zero-order chi connectivity index (χ0) is 24.2. The van der Waals surface area contributed by atoms with E-state index in [0.29, 0.717) is 30.1 Å². The van der Waals surface area contributed by atoms with Crippen molar-refractivity contribution in [3.8, 4) is 0 Å². The number of hydrogen-bond donors (Lipinski definition) is 2. The first-order chi connectivity index (χ1) is 15.4. The third-order valence-corrected chi connectivity index (χ3v) is 10.3. The molecule has 2 fully saturated rings. The quantitative estimate of drug-likeness (QED) is 0.339. The van der Waals surface area contributed by atoms with Gasteiger partial charge in [0, 0.05) is 12.0 Å². The van der Waals surface area contributed by atoms with Crippen molar-refractivity contribution >= 4 is 10.1 Å². The standard InChI is InChI=1S/C27H40O5S.Na/c1-17(2)18(3)11-13-26(4,29)25-10-9-24-23-7-5-19-15-20(33(30,31)32)6-8-21(19)22(23)12-14-27(24,25)16-28;/h6,8,15,17,22-25,28-29H,3,5,7,9-14,16H2,1-2,4H3,(H,30,31,32);/q;+1/p-1/t22-,23-,24+,25-,26+,27-;/m1./s1. The van der Waals surface area contributed by atoms with Gasteiger partial charge >= 0.3 is 29.6 Å². The predicted molar refractivity (Wildman–Crippen MR) is 128 cm³/mol. The van der Waals surface area contributed by atoms with Gasteiger partial charge in [-0.1, -0.05) is 32.1 Å². The summed E-state index contributed by atoms with van der Waals surface area (Å²) in [5, 5.41) is 22.3. The fraction of sp³-hybridized carbons (Fsp3) is 0.704. The normalized spacial score (nSPS) is 32.2. The van der Waals surface area contributed by atoms with Crippen molar-refractivity contribution in [1.29, 1.82) is 0 Å². The molecule has 0 amide bonds. The molecule has 0 aliphatic heterocycles. The van der Waals surface area contributed by atoms with Crippen molar-refractivity contribution in [2.24, 2.45) is 29.1 Å². The van der Waals surface area contributed by atoms with Crippen LogP contribution in [0.1, 0.15) is 82.8 Å². The summed E-state index contributed by atoms with van der Waals surface area (Å²) in [5.74, 6) is 1.56. The van der Waals surface area contributed by atoms with Crippen LogP contribution in [0.3, 0.4) is 0 Å². The van der Waals surface area contributed by atoms with E-state index < -0.39 is 15.7 Å². The van der Waals surface area contributed by atoms with Crippen molar-refractivity contribution in [1.82, 2.24) is 0 Å². The maximum Gasteiger partial charge on any atom is 1.00 e. The van der Waals surface area contributed by atoms with E-state index in [4.69, 9.17) is 0 Å². The number of fused-ring (bicyclic) bond motifs is 5. The summed E-state index contributed by atoms with van der Waals surface area (Å²) < 4.78 is 34.4. The van der Waals surface area contributed by atoms with Gasteiger partial charge in [-0.2, -0.15) is 0 Å². The fourth-order valence-electron chi connectivity index (χ4n) is 7.64. The maximum absolute atomic E-state index is 11.6. The summed E-state index contributed by atoms with van der Waals surface area (Å²) in [6.07, 6.45) is 6.89. The molecule has 0 aromatic heterocycles. The van der Waals surface area contributed by atoms with E-state index >= 15 is 0 Å². The van der Waals surface area contributed by atoms with Crippen molar-refractivity contribution in [2.75, 3.05) is 6.61 Å². The Morgan fingerprint density at radius 2 is 1.97 bits per heavy atom. The molecule has 7 heteroatoms. The van der Waals surface area contributed by atoms with E-state index in [0.717, 1.165) is 56.1 Å². The molecule has 0 saturated heterocycles. The molecule has 0 unspecified atom stereocenters. The zero-order valence-corrected chi connectivity index (χ0v) is 24.0. The van der Waals surface area contributed by atoms with Gasteiger partial charge in [-0.05, 0) is 111 Å². The Hall–Kier alpha value is -0.210. The number of aliphatic hydroxyl groups is 2. The molecule has 0 heterocycles.